The zero-order valence-corrected chi connectivity index (χ0v) is 20.6. The van der Waals surface area contributed by atoms with Gasteiger partial charge in [0.2, 0.25) is 0 Å². The molecule has 1 aromatic heterocycles. The fourth-order valence-electron chi connectivity index (χ4n) is 4.00. The third-order valence-corrected chi connectivity index (χ3v) is 5.62. The number of ether oxygens (including phenoxy) is 1. The van der Waals surface area contributed by atoms with E-state index in [0.29, 0.717) is 0 Å². The van der Waals surface area contributed by atoms with Crippen LogP contribution in [-0.4, -0.2) is 50.8 Å². The van der Waals surface area contributed by atoms with Gasteiger partial charge in [-0.15, -0.1) is 24.0 Å². The van der Waals surface area contributed by atoms with Crippen molar-refractivity contribution in [3.8, 4) is 0 Å². The van der Waals surface area contributed by atoms with Gasteiger partial charge in [0, 0.05) is 56.0 Å². The lowest BCUT2D eigenvalue weighted by atomic mass is 10.1. The summed E-state index contributed by atoms with van der Waals surface area (Å²) in [5.74, 6) is 0.822. The summed E-state index contributed by atoms with van der Waals surface area (Å²) >= 11 is 0. The third kappa shape index (κ3) is 5.92. The first-order chi connectivity index (χ1) is 14.7. The van der Waals surface area contributed by atoms with E-state index in [4.69, 9.17) is 4.74 Å². The number of aliphatic imine (C=N–C) groups is 1. The van der Waals surface area contributed by atoms with E-state index in [0.717, 1.165) is 51.8 Å². The molecular formula is C24H32IN5O. The first-order valence-corrected chi connectivity index (χ1v) is 10.7. The number of fused-ring (bicyclic) bond motifs is 1. The molecule has 2 heterocycles. The highest BCUT2D eigenvalue weighted by atomic mass is 127. The molecule has 3 aromatic rings. The lowest BCUT2D eigenvalue weighted by Gasteiger charge is -2.30. The maximum absolute atomic E-state index is 5.50. The fraction of sp³-hybridized carbons (Fsp3) is 0.375. The quantitative estimate of drug-likeness (QED) is 0.256. The molecule has 7 heteroatoms. The molecule has 0 aliphatic carbocycles. The minimum Gasteiger partial charge on any atom is -0.378 e. The summed E-state index contributed by atoms with van der Waals surface area (Å²) in [5.41, 5.74) is 6.35. The maximum atomic E-state index is 5.50. The van der Waals surface area contributed by atoms with Crippen molar-refractivity contribution >= 4 is 46.5 Å². The van der Waals surface area contributed by atoms with Crippen LogP contribution in [0, 0.1) is 6.92 Å². The number of benzene rings is 2. The van der Waals surface area contributed by atoms with Gasteiger partial charge in [-0.05, 0) is 42.2 Å². The second-order valence-corrected chi connectivity index (χ2v) is 7.69. The summed E-state index contributed by atoms with van der Waals surface area (Å²) in [7, 11) is 1.82. The van der Waals surface area contributed by atoms with Gasteiger partial charge in [0.15, 0.2) is 5.96 Å². The number of aryl methyl sites for hydroxylation is 1. The Bertz CT molecular complexity index is 1010. The van der Waals surface area contributed by atoms with Crippen molar-refractivity contribution in [3.05, 3.63) is 65.4 Å². The zero-order valence-electron chi connectivity index (χ0n) is 18.3. The van der Waals surface area contributed by atoms with E-state index in [2.05, 4.69) is 81.1 Å². The Morgan fingerprint density at radius 1 is 1.10 bits per heavy atom. The van der Waals surface area contributed by atoms with Crippen LogP contribution in [0.25, 0.3) is 10.9 Å². The molecule has 1 aliphatic heterocycles. The highest BCUT2D eigenvalue weighted by Crippen LogP contribution is 2.21. The number of nitrogens with zero attached hydrogens (tertiary/aromatic N) is 2. The molecule has 0 saturated carbocycles. The average molecular weight is 533 g/mol. The molecule has 31 heavy (non-hydrogen) atoms. The lowest BCUT2D eigenvalue weighted by Crippen LogP contribution is -2.39. The molecule has 0 amide bonds. The number of rotatable bonds is 6. The van der Waals surface area contributed by atoms with Gasteiger partial charge in [0.05, 0.1) is 13.2 Å². The monoisotopic (exact) mass is 533 g/mol. The van der Waals surface area contributed by atoms with Gasteiger partial charge < -0.3 is 25.3 Å². The largest absolute Gasteiger partial charge is 0.378 e. The number of morpholine rings is 1. The minimum absolute atomic E-state index is 0. The van der Waals surface area contributed by atoms with Crippen LogP contribution in [0.3, 0.4) is 0 Å². The normalized spacial score (nSPS) is 14.4. The van der Waals surface area contributed by atoms with Crippen LogP contribution in [0.5, 0.6) is 0 Å². The van der Waals surface area contributed by atoms with E-state index >= 15 is 0 Å². The number of aromatic amines is 1. The highest BCUT2D eigenvalue weighted by Gasteiger charge is 2.14. The number of hydrogen-bond donors (Lipinski definition) is 3. The summed E-state index contributed by atoms with van der Waals surface area (Å²) < 4.78 is 5.50. The second-order valence-electron chi connectivity index (χ2n) is 7.69. The van der Waals surface area contributed by atoms with Crippen LogP contribution in [0.4, 0.5) is 5.69 Å². The van der Waals surface area contributed by atoms with E-state index < -0.39 is 0 Å². The number of aromatic nitrogens is 1. The molecule has 1 fully saturated rings. The number of anilines is 1. The number of H-pyrrole nitrogens is 1. The molecular weight excluding hydrogens is 501 g/mol. The van der Waals surface area contributed by atoms with E-state index in [1.807, 2.05) is 7.05 Å². The number of para-hydroxylation sites is 1. The minimum atomic E-state index is 0. The van der Waals surface area contributed by atoms with Crippen molar-refractivity contribution in [3.63, 3.8) is 0 Å². The molecule has 0 atom stereocenters. The number of nitrogens with one attached hydrogen (secondary N) is 3. The van der Waals surface area contributed by atoms with E-state index in [1.165, 1.54) is 33.3 Å². The van der Waals surface area contributed by atoms with Crippen LogP contribution in [0.2, 0.25) is 0 Å². The smallest absolute Gasteiger partial charge is 0.191 e. The van der Waals surface area contributed by atoms with Gasteiger partial charge in [0.1, 0.15) is 0 Å². The molecule has 4 rings (SSSR count). The van der Waals surface area contributed by atoms with Gasteiger partial charge in [-0.25, -0.2) is 0 Å². The van der Waals surface area contributed by atoms with Gasteiger partial charge in [-0.2, -0.15) is 0 Å². The SMILES string of the molecule is CN=C(NCCc1c[nH]c2cc(C)ccc12)NCc1ccccc1N1CCOCC1.I. The average Bonchev–Trinajstić information content (AvgIpc) is 3.18. The Balaban J connectivity index is 0.00000272. The molecule has 166 valence electrons. The fourth-order valence-corrected chi connectivity index (χ4v) is 4.00. The van der Waals surface area contributed by atoms with Gasteiger partial charge in [-0.3, -0.25) is 4.99 Å². The molecule has 0 spiro atoms. The Kier molecular flexibility index (Phi) is 8.60. The third-order valence-electron chi connectivity index (χ3n) is 5.62. The summed E-state index contributed by atoms with van der Waals surface area (Å²) in [5, 5.41) is 8.20. The summed E-state index contributed by atoms with van der Waals surface area (Å²) in [6.07, 6.45) is 3.05. The first-order valence-electron chi connectivity index (χ1n) is 10.7. The molecule has 1 aliphatic rings. The Labute approximate surface area is 201 Å². The summed E-state index contributed by atoms with van der Waals surface area (Å²) in [6, 6.07) is 15.1. The second kappa shape index (κ2) is 11.4. The van der Waals surface area contributed by atoms with Crippen molar-refractivity contribution in [1.82, 2.24) is 15.6 Å². The van der Waals surface area contributed by atoms with Crippen molar-refractivity contribution in [2.24, 2.45) is 4.99 Å². The maximum Gasteiger partial charge on any atom is 0.191 e. The Morgan fingerprint density at radius 3 is 2.71 bits per heavy atom. The molecule has 1 saturated heterocycles. The van der Waals surface area contributed by atoms with E-state index in [1.54, 1.807) is 0 Å². The topological polar surface area (TPSA) is 64.7 Å². The Hall–Kier alpha value is -2.26. The molecule has 6 nitrogen and oxygen atoms in total. The standard InChI is InChI=1S/C24H31N5O.HI/c1-18-7-8-21-19(16-27-22(21)15-18)9-10-26-24(25-2)28-17-20-5-3-4-6-23(20)29-11-13-30-14-12-29;/h3-8,15-16,27H,9-14,17H2,1-2H3,(H2,25,26,28);1H. The molecule has 0 bridgehead atoms. The number of guanidine groups is 1. The molecule has 3 N–H and O–H groups in total. The summed E-state index contributed by atoms with van der Waals surface area (Å²) in [4.78, 5) is 10.2. The van der Waals surface area contributed by atoms with Gasteiger partial charge in [0.25, 0.3) is 0 Å². The predicted octanol–water partition coefficient (Wildman–Crippen LogP) is 3.84. The predicted molar refractivity (Wildman–Crippen MR) is 140 cm³/mol. The van der Waals surface area contributed by atoms with E-state index in [9.17, 15) is 0 Å². The summed E-state index contributed by atoms with van der Waals surface area (Å²) in [6.45, 7) is 7.14. The van der Waals surface area contributed by atoms with Crippen molar-refractivity contribution in [1.29, 1.82) is 0 Å². The van der Waals surface area contributed by atoms with Crippen LogP contribution >= 0.6 is 24.0 Å². The van der Waals surface area contributed by atoms with Crippen molar-refractivity contribution < 1.29 is 4.74 Å². The van der Waals surface area contributed by atoms with Gasteiger partial charge in [-0.1, -0.05) is 30.3 Å². The Morgan fingerprint density at radius 2 is 1.90 bits per heavy atom. The number of hydrogen-bond acceptors (Lipinski definition) is 3. The van der Waals surface area contributed by atoms with Crippen LogP contribution in [0.1, 0.15) is 16.7 Å². The lowest BCUT2D eigenvalue weighted by molar-refractivity contribution is 0.122. The van der Waals surface area contributed by atoms with Crippen molar-refractivity contribution in [2.75, 3.05) is 44.8 Å². The molecule has 2 aromatic carbocycles. The van der Waals surface area contributed by atoms with Gasteiger partial charge >= 0.3 is 0 Å². The van der Waals surface area contributed by atoms with Crippen molar-refractivity contribution in [2.45, 2.75) is 19.9 Å². The highest BCUT2D eigenvalue weighted by molar-refractivity contribution is 14.0. The number of halogens is 1. The van der Waals surface area contributed by atoms with E-state index in [-0.39, 0.29) is 24.0 Å². The first kappa shape index (κ1) is 23.4. The zero-order chi connectivity index (χ0) is 20.8. The van der Waals surface area contributed by atoms with Crippen LogP contribution in [-0.2, 0) is 17.7 Å². The molecule has 0 radical (unpaired) electrons. The van der Waals surface area contributed by atoms with Crippen LogP contribution in [0.15, 0.2) is 53.7 Å². The van der Waals surface area contributed by atoms with Crippen LogP contribution < -0.4 is 15.5 Å². The molecule has 0 unspecified atom stereocenters.